The third-order valence-corrected chi connectivity index (χ3v) is 4.63. The highest BCUT2D eigenvalue weighted by Gasteiger charge is 2.49. The number of carbonyl (C=O) groups excluding carboxylic acids is 3. The lowest BCUT2D eigenvalue weighted by molar-refractivity contribution is -0.130. The molecule has 2 aromatic carbocycles. The van der Waals surface area contributed by atoms with Gasteiger partial charge in [0.1, 0.15) is 11.3 Å². The van der Waals surface area contributed by atoms with Crippen molar-refractivity contribution in [2.75, 3.05) is 13.2 Å². The first-order valence-electron chi connectivity index (χ1n) is 8.80. The summed E-state index contributed by atoms with van der Waals surface area (Å²) in [6.45, 7) is 3.57. The van der Waals surface area contributed by atoms with Crippen molar-refractivity contribution in [3.63, 3.8) is 0 Å². The van der Waals surface area contributed by atoms with E-state index in [1.807, 2.05) is 13.0 Å². The van der Waals surface area contributed by atoms with Crippen LogP contribution in [0.25, 0.3) is 0 Å². The zero-order valence-corrected chi connectivity index (χ0v) is 15.6. The van der Waals surface area contributed by atoms with Crippen molar-refractivity contribution in [3.05, 3.63) is 65.2 Å². The molecule has 2 aromatic rings. The van der Waals surface area contributed by atoms with E-state index in [0.717, 1.165) is 4.90 Å². The van der Waals surface area contributed by atoms with E-state index < -0.39 is 17.5 Å². The number of imide groups is 1. The summed E-state index contributed by atoms with van der Waals surface area (Å²) in [5, 5.41) is 11.7. The normalized spacial score (nSPS) is 18.5. The Bertz CT molecular complexity index is 978. The standard InChI is InChI=1S/C21H19N3O4/c1-3-28-17-9-7-15(8-10-17)18(25)13-24-19(26)21(2,23-20(24)27)16-6-4-5-14(11-16)12-22/h4-11H,3,13H2,1-2H3,(H,23,27). The fraction of sp³-hybridized carbons (Fsp3) is 0.238. The van der Waals surface area contributed by atoms with E-state index in [9.17, 15) is 14.4 Å². The molecule has 1 saturated heterocycles. The third-order valence-electron chi connectivity index (χ3n) is 4.63. The highest BCUT2D eigenvalue weighted by Crippen LogP contribution is 2.29. The van der Waals surface area contributed by atoms with Gasteiger partial charge in [0, 0.05) is 5.56 Å². The number of nitrogens with zero attached hydrogens (tertiary/aromatic N) is 2. The minimum absolute atomic E-state index is 0.360. The second-order valence-corrected chi connectivity index (χ2v) is 6.52. The summed E-state index contributed by atoms with van der Waals surface area (Å²) < 4.78 is 5.34. The van der Waals surface area contributed by atoms with Crippen LogP contribution in [0.2, 0.25) is 0 Å². The molecule has 7 nitrogen and oxygen atoms in total. The fourth-order valence-corrected chi connectivity index (χ4v) is 3.07. The highest BCUT2D eigenvalue weighted by atomic mass is 16.5. The minimum Gasteiger partial charge on any atom is -0.494 e. The molecule has 0 aromatic heterocycles. The summed E-state index contributed by atoms with van der Waals surface area (Å²) >= 11 is 0. The zero-order valence-electron chi connectivity index (χ0n) is 15.6. The molecule has 1 aliphatic rings. The fourth-order valence-electron chi connectivity index (χ4n) is 3.07. The summed E-state index contributed by atoms with van der Waals surface area (Å²) in [7, 11) is 0. The molecule has 0 radical (unpaired) electrons. The largest absolute Gasteiger partial charge is 0.494 e. The average molecular weight is 377 g/mol. The van der Waals surface area contributed by atoms with Crippen LogP contribution in [0.3, 0.4) is 0 Å². The number of benzene rings is 2. The molecule has 3 amide bonds. The Morgan fingerprint density at radius 3 is 2.57 bits per heavy atom. The van der Waals surface area contributed by atoms with Crippen molar-refractivity contribution in [2.45, 2.75) is 19.4 Å². The van der Waals surface area contributed by atoms with Crippen molar-refractivity contribution in [1.82, 2.24) is 10.2 Å². The Kier molecular flexibility index (Phi) is 5.14. The van der Waals surface area contributed by atoms with Gasteiger partial charge in [-0.05, 0) is 55.8 Å². The van der Waals surface area contributed by atoms with Crippen LogP contribution < -0.4 is 10.1 Å². The number of rotatable bonds is 6. The van der Waals surface area contributed by atoms with Gasteiger partial charge in [0.25, 0.3) is 5.91 Å². The molecule has 28 heavy (non-hydrogen) atoms. The molecular formula is C21H19N3O4. The van der Waals surface area contributed by atoms with Crippen molar-refractivity contribution >= 4 is 17.7 Å². The van der Waals surface area contributed by atoms with Crippen LogP contribution in [0.4, 0.5) is 4.79 Å². The van der Waals surface area contributed by atoms with Gasteiger partial charge in [0.2, 0.25) is 0 Å². The van der Waals surface area contributed by atoms with Gasteiger partial charge in [-0.2, -0.15) is 5.26 Å². The van der Waals surface area contributed by atoms with Gasteiger partial charge in [-0.3, -0.25) is 14.5 Å². The van der Waals surface area contributed by atoms with Crippen LogP contribution in [-0.2, 0) is 10.3 Å². The Morgan fingerprint density at radius 2 is 1.93 bits per heavy atom. The summed E-state index contributed by atoms with van der Waals surface area (Å²) in [5.41, 5.74) is -0.0852. The lowest BCUT2D eigenvalue weighted by atomic mass is 9.91. The monoisotopic (exact) mass is 377 g/mol. The molecule has 1 unspecified atom stereocenters. The predicted molar refractivity (Wildman–Crippen MR) is 101 cm³/mol. The zero-order chi connectivity index (χ0) is 20.3. The lowest BCUT2D eigenvalue weighted by Crippen LogP contribution is -2.41. The van der Waals surface area contributed by atoms with Gasteiger partial charge >= 0.3 is 6.03 Å². The summed E-state index contributed by atoms with van der Waals surface area (Å²) in [6, 6.07) is 14.4. The minimum atomic E-state index is -1.33. The predicted octanol–water partition coefficient (Wildman–Crippen LogP) is 2.61. The summed E-state index contributed by atoms with van der Waals surface area (Å²) in [6.07, 6.45) is 0. The van der Waals surface area contributed by atoms with E-state index in [4.69, 9.17) is 10.00 Å². The molecule has 0 aliphatic carbocycles. The van der Waals surface area contributed by atoms with E-state index >= 15 is 0 Å². The first-order chi connectivity index (χ1) is 13.4. The molecule has 1 N–H and O–H groups in total. The van der Waals surface area contributed by atoms with Gasteiger partial charge in [-0.25, -0.2) is 4.79 Å². The number of nitrogens with one attached hydrogen (secondary N) is 1. The highest BCUT2D eigenvalue weighted by molar-refractivity contribution is 6.11. The van der Waals surface area contributed by atoms with Crippen LogP contribution in [0.15, 0.2) is 48.5 Å². The molecule has 7 heteroatoms. The Balaban J connectivity index is 1.79. The van der Waals surface area contributed by atoms with E-state index in [2.05, 4.69) is 5.32 Å². The molecule has 142 valence electrons. The van der Waals surface area contributed by atoms with Crippen molar-refractivity contribution in [1.29, 1.82) is 5.26 Å². The van der Waals surface area contributed by atoms with Crippen LogP contribution in [-0.4, -0.2) is 35.8 Å². The van der Waals surface area contributed by atoms with Crippen molar-refractivity contribution < 1.29 is 19.1 Å². The number of amides is 3. The number of hydrogen-bond donors (Lipinski definition) is 1. The van der Waals surface area contributed by atoms with Crippen molar-refractivity contribution in [2.24, 2.45) is 0 Å². The lowest BCUT2D eigenvalue weighted by Gasteiger charge is -2.22. The van der Waals surface area contributed by atoms with E-state index in [-0.39, 0.29) is 12.3 Å². The number of nitriles is 1. The molecule has 1 aliphatic heterocycles. The molecule has 1 atom stereocenters. The maximum absolute atomic E-state index is 12.9. The second kappa shape index (κ2) is 7.53. The van der Waals surface area contributed by atoms with Gasteiger partial charge in [0.15, 0.2) is 5.78 Å². The number of ether oxygens (including phenoxy) is 1. The molecular weight excluding hydrogens is 358 g/mol. The summed E-state index contributed by atoms with van der Waals surface area (Å²) in [4.78, 5) is 38.8. The molecule has 1 fully saturated rings. The number of ketones is 1. The van der Waals surface area contributed by atoms with E-state index in [0.29, 0.717) is 29.0 Å². The van der Waals surface area contributed by atoms with E-state index in [1.54, 1.807) is 55.5 Å². The van der Waals surface area contributed by atoms with Crippen LogP contribution in [0, 0.1) is 11.3 Å². The molecule has 3 rings (SSSR count). The van der Waals surface area contributed by atoms with Gasteiger partial charge < -0.3 is 10.1 Å². The Morgan fingerprint density at radius 1 is 1.21 bits per heavy atom. The topological polar surface area (TPSA) is 99.5 Å². The quantitative estimate of drug-likeness (QED) is 0.616. The van der Waals surface area contributed by atoms with Gasteiger partial charge in [-0.15, -0.1) is 0 Å². The molecule has 1 heterocycles. The van der Waals surface area contributed by atoms with Crippen LogP contribution >= 0.6 is 0 Å². The van der Waals surface area contributed by atoms with E-state index in [1.165, 1.54) is 0 Å². The number of Topliss-reactive ketones (excluding diaryl/α,β-unsaturated/α-hetero) is 1. The first kappa shape index (κ1) is 19.1. The molecule has 0 bridgehead atoms. The molecule has 0 saturated carbocycles. The Labute approximate surface area is 162 Å². The number of carbonyl (C=O) groups is 3. The number of urea groups is 1. The van der Waals surface area contributed by atoms with Gasteiger partial charge in [0.05, 0.1) is 24.8 Å². The average Bonchev–Trinajstić information content (AvgIpc) is 2.93. The van der Waals surface area contributed by atoms with Crippen LogP contribution in [0.5, 0.6) is 5.75 Å². The SMILES string of the molecule is CCOc1ccc(C(=O)CN2C(=O)NC(C)(c3cccc(C#N)c3)C2=O)cc1. The maximum atomic E-state index is 12.9. The smallest absolute Gasteiger partial charge is 0.325 e. The second-order valence-electron chi connectivity index (χ2n) is 6.52. The van der Waals surface area contributed by atoms with Gasteiger partial charge in [-0.1, -0.05) is 12.1 Å². The summed E-state index contributed by atoms with van der Waals surface area (Å²) in [5.74, 6) is -0.257. The maximum Gasteiger partial charge on any atom is 0.325 e. The third kappa shape index (κ3) is 3.45. The van der Waals surface area contributed by atoms with Crippen molar-refractivity contribution in [3.8, 4) is 11.8 Å². The molecule has 0 spiro atoms. The van der Waals surface area contributed by atoms with Crippen LogP contribution in [0.1, 0.15) is 35.3 Å². The first-order valence-corrected chi connectivity index (χ1v) is 8.80. The Hall–Kier alpha value is -3.66. The number of hydrogen-bond acceptors (Lipinski definition) is 5.